The van der Waals surface area contributed by atoms with Crippen molar-refractivity contribution < 1.29 is 13.2 Å². The topological polar surface area (TPSA) is 75.3 Å². The van der Waals surface area contributed by atoms with Crippen LogP contribution in [0, 0.1) is 0 Å². The summed E-state index contributed by atoms with van der Waals surface area (Å²) in [7, 11) is -3.71. The van der Waals surface area contributed by atoms with Gasteiger partial charge in [-0.25, -0.2) is 13.1 Å². The summed E-state index contributed by atoms with van der Waals surface area (Å²) in [5.74, 6) is -0.299. The summed E-state index contributed by atoms with van der Waals surface area (Å²) >= 11 is 5.77. The number of hydrogen-bond donors (Lipinski definition) is 2. The molecule has 0 atom stereocenters. The lowest BCUT2D eigenvalue weighted by Gasteiger charge is -2.22. The van der Waals surface area contributed by atoms with Crippen LogP contribution in [0.1, 0.15) is 32.1 Å². The number of amides is 1. The lowest BCUT2D eigenvalue weighted by Crippen LogP contribution is -2.42. The van der Waals surface area contributed by atoms with Crippen molar-refractivity contribution in [3.8, 4) is 0 Å². The Hall–Kier alpha value is -1.11. The number of rotatable bonds is 5. The molecular weight excluding hydrogens is 312 g/mol. The Labute approximate surface area is 130 Å². The van der Waals surface area contributed by atoms with Crippen LogP contribution in [0.3, 0.4) is 0 Å². The Morgan fingerprint density at radius 3 is 2.62 bits per heavy atom. The number of carbonyl (C=O) groups is 1. The van der Waals surface area contributed by atoms with Gasteiger partial charge in [-0.2, -0.15) is 0 Å². The Balaban J connectivity index is 1.87. The molecule has 0 radical (unpaired) electrons. The van der Waals surface area contributed by atoms with Crippen molar-refractivity contribution >= 4 is 27.5 Å². The third kappa shape index (κ3) is 4.98. The molecular formula is C14H19ClN2O3S. The maximum atomic E-state index is 12.0. The second-order valence-electron chi connectivity index (χ2n) is 5.18. The van der Waals surface area contributed by atoms with Crippen LogP contribution in [-0.2, 0) is 14.8 Å². The highest BCUT2D eigenvalue weighted by molar-refractivity contribution is 7.89. The van der Waals surface area contributed by atoms with Crippen LogP contribution in [0.25, 0.3) is 0 Å². The van der Waals surface area contributed by atoms with Crippen LogP contribution in [0.15, 0.2) is 29.2 Å². The standard InChI is InChI=1S/C14H19ClN2O3S/c15-11-5-4-8-13(9-11)21(19,20)16-10-14(18)17-12-6-2-1-3-7-12/h4-5,8-9,12,16H,1-3,6-7,10H2,(H,17,18). The molecule has 5 nitrogen and oxygen atoms in total. The van der Waals surface area contributed by atoms with Gasteiger partial charge in [0.1, 0.15) is 0 Å². The fraction of sp³-hybridized carbons (Fsp3) is 0.500. The first-order valence-electron chi connectivity index (χ1n) is 7.02. The highest BCUT2D eigenvalue weighted by atomic mass is 35.5. The van der Waals surface area contributed by atoms with E-state index in [1.807, 2.05) is 0 Å². The molecule has 0 bridgehead atoms. The molecule has 0 aromatic heterocycles. The van der Waals surface area contributed by atoms with Gasteiger partial charge >= 0.3 is 0 Å². The number of benzene rings is 1. The molecule has 0 heterocycles. The van der Waals surface area contributed by atoms with E-state index in [1.165, 1.54) is 18.6 Å². The molecule has 1 aliphatic rings. The normalized spacial score (nSPS) is 16.6. The summed E-state index contributed by atoms with van der Waals surface area (Å²) in [6.45, 7) is -0.259. The van der Waals surface area contributed by atoms with Gasteiger partial charge in [-0.05, 0) is 31.0 Å². The lowest BCUT2D eigenvalue weighted by atomic mass is 9.95. The van der Waals surface area contributed by atoms with E-state index in [-0.39, 0.29) is 23.4 Å². The Morgan fingerprint density at radius 1 is 1.24 bits per heavy atom. The second-order valence-corrected chi connectivity index (χ2v) is 7.39. The van der Waals surface area contributed by atoms with Crippen LogP contribution in [0.4, 0.5) is 0 Å². The highest BCUT2D eigenvalue weighted by Gasteiger charge is 2.18. The number of carbonyl (C=O) groups excluding carboxylic acids is 1. The van der Waals surface area contributed by atoms with Crippen molar-refractivity contribution in [3.63, 3.8) is 0 Å². The van der Waals surface area contributed by atoms with E-state index in [0.29, 0.717) is 5.02 Å². The first-order chi connectivity index (χ1) is 9.97. The third-order valence-corrected chi connectivity index (χ3v) is 5.13. The molecule has 1 aliphatic carbocycles. The predicted molar refractivity (Wildman–Crippen MR) is 81.7 cm³/mol. The second kappa shape index (κ2) is 7.24. The van der Waals surface area contributed by atoms with Crippen LogP contribution in [-0.4, -0.2) is 26.9 Å². The fourth-order valence-corrected chi connectivity index (χ4v) is 3.69. The van der Waals surface area contributed by atoms with Crippen molar-refractivity contribution in [2.24, 2.45) is 0 Å². The molecule has 1 aromatic carbocycles. The molecule has 1 fully saturated rings. The van der Waals surface area contributed by atoms with Gasteiger partial charge in [0.25, 0.3) is 0 Å². The molecule has 7 heteroatoms. The van der Waals surface area contributed by atoms with E-state index in [2.05, 4.69) is 10.0 Å². The maximum absolute atomic E-state index is 12.0. The van der Waals surface area contributed by atoms with Crippen molar-refractivity contribution in [2.45, 2.75) is 43.0 Å². The zero-order chi connectivity index (χ0) is 15.3. The zero-order valence-electron chi connectivity index (χ0n) is 11.6. The molecule has 21 heavy (non-hydrogen) atoms. The Bertz CT molecular complexity index is 598. The minimum atomic E-state index is -3.71. The lowest BCUT2D eigenvalue weighted by molar-refractivity contribution is -0.120. The maximum Gasteiger partial charge on any atom is 0.241 e. The number of hydrogen-bond acceptors (Lipinski definition) is 3. The van der Waals surface area contributed by atoms with Crippen LogP contribution >= 0.6 is 11.6 Å². The van der Waals surface area contributed by atoms with Crippen molar-refractivity contribution in [3.05, 3.63) is 29.3 Å². The molecule has 0 aliphatic heterocycles. The van der Waals surface area contributed by atoms with Crippen molar-refractivity contribution in [1.29, 1.82) is 0 Å². The predicted octanol–water partition coefficient (Wildman–Crippen LogP) is 2.07. The average Bonchev–Trinajstić information content (AvgIpc) is 2.46. The summed E-state index contributed by atoms with van der Waals surface area (Å²) in [6.07, 6.45) is 5.35. The summed E-state index contributed by atoms with van der Waals surface area (Å²) in [5, 5.41) is 3.20. The molecule has 2 rings (SSSR count). The minimum absolute atomic E-state index is 0.0560. The van der Waals surface area contributed by atoms with E-state index in [1.54, 1.807) is 12.1 Å². The van der Waals surface area contributed by atoms with Crippen LogP contribution in [0.5, 0.6) is 0 Å². The summed E-state index contributed by atoms with van der Waals surface area (Å²) in [5.41, 5.74) is 0. The molecule has 1 aromatic rings. The molecule has 0 spiro atoms. The van der Waals surface area contributed by atoms with Gasteiger partial charge in [0, 0.05) is 11.1 Å². The molecule has 1 amide bonds. The van der Waals surface area contributed by atoms with Gasteiger partial charge in [0.2, 0.25) is 15.9 Å². The van der Waals surface area contributed by atoms with Crippen molar-refractivity contribution in [2.75, 3.05) is 6.54 Å². The Morgan fingerprint density at radius 2 is 1.95 bits per heavy atom. The number of sulfonamides is 1. The SMILES string of the molecule is O=C(CNS(=O)(=O)c1cccc(Cl)c1)NC1CCCCC1. The molecule has 116 valence electrons. The van der Waals surface area contributed by atoms with Crippen LogP contribution in [0.2, 0.25) is 5.02 Å². The van der Waals surface area contributed by atoms with Gasteiger partial charge in [-0.1, -0.05) is 36.9 Å². The van der Waals surface area contributed by atoms with E-state index < -0.39 is 10.0 Å². The zero-order valence-corrected chi connectivity index (χ0v) is 13.2. The smallest absolute Gasteiger partial charge is 0.241 e. The fourth-order valence-electron chi connectivity index (χ4n) is 2.40. The van der Waals surface area contributed by atoms with Gasteiger partial charge in [0.05, 0.1) is 11.4 Å². The molecule has 0 unspecified atom stereocenters. The van der Waals surface area contributed by atoms with E-state index in [0.717, 1.165) is 25.7 Å². The first kappa shape index (κ1) is 16.3. The van der Waals surface area contributed by atoms with Crippen LogP contribution < -0.4 is 10.0 Å². The summed E-state index contributed by atoms with van der Waals surface area (Å²) in [4.78, 5) is 11.8. The summed E-state index contributed by atoms with van der Waals surface area (Å²) < 4.78 is 26.4. The number of halogens is 1. The Kier molecular flexibility index (Phi) is 5.61. The van der Waals surface area contributed by atoms with Gasteiger partial charge in [0.15, 0.2) is 0 Å². The van der Waals surface area contributed by atoms with E-state index >= 15 is 0 Å². The van der Waals surface area contributed by atoms with E-state index in [9.17, 15) is 13.2 Å². The van der Waals surface area contributed by atoms with Gasteiger partial charge in [-0.15, -0.1) is 0 Å². The summed E-state index contributed by atoms with van der Waals surface area (Å²) in [6, 6.07) is 6.10. The largest absolute Gasteiger partial charge is 0.352 e. The molecule has 2 N–H and O–H groups in total. The van der Waals surface area contributed by atoms with E-state index in [4.69, 9.17) is 11.6 Å². The number of nitrogens with one attached hydrogen (secondary N) is 2. The monoisotopic (exact) mass is 330 g/mol. The highest BCUT2D eigenvalue weighted by Crippen LogP contribution is 2.17. The third-order valence-electron chi connectivity index (χ3n) is 3.50. The average molecular weight is 331 g/mol. The quantitative estimate of drug-likeness (QED) is 0.867. The van der Waals surface area contributed by atoms with Gasteiger partial charge in [-0.3, -0.25) is 4.79 Å². The minimum Gasteiger partial charge on any atom is -0.352 e. The molecule has 1 saturated carbocycles. The molecule has 0 saturated heterocycles. The van der Waals surface area contributed by atoms with Gasteiger partial charge < -0.3 is 5.32 Å². The van der Waals surface area contributed by atoms with Crippen molar-refractivity contribution in [1.82, 2.24) is 10.0 Å². The first-order valence-corrected chi connectivity index (χ1v) is 8.88.